The van der Waals surface area contributed by atoms with Crippen LogP contribution in [0, 0.1) is 0 Å². The van der Waals surface area contributed by atoms with E-state index in [2.05, 4.69) is 0 Å². The number of rotatable bonds is 6. The molecule has 0 aliphatic carbocycles. The molecule has 0 saturated heterocycles. The number of phenolic OH excluding ortho intramolecular Hbond substituents is 4. The Labute approximate surface area is 205 Å². The molecule has 0 aliphatic rings. The molecule has 0 fully saturated rings. The lowest BCUT2D eigenvalue weighted by molar-refractivity contribution is -0.129. The van der Waals surface area contributed by atoms with E-state index in [1.165, 1.54) is 48.6 Å². The molecule has 4 rings (SSSR count). The molecule has 4 N–H and O–H groups in total. The fourth-order valence-electron chi connectivity index (χ4n) is 3.34. The van der Waals surface area contributed by atoms with Crippen molar-refractivity contribution in [1.82, 2.24) is 0 Å². The Morgan fingerprint density at radius 1 is 0.583 bits per heavy atom. The molecule has 0 atom stereocenters. The summed E-state index contributed by atoms with van der Waals surface area (Å²) in [5, 5.41) is 39.0. The first-order chi connectivity index (χ1) is 17.3. The van der Waals surface area contributed by atoms with Gasteiger partial charge in [-0.05, 0) is 65.1 Å². The molecule has 0 amide bonds. The first-order valence-electron chi connectivity index (χ1n) is 10.7. The number of phenols is 4. The van der Waals surface area contributed by atoms with Gasteiger partial charge in [-0.3, -0.25) is 0 Å². The van der Waals surface area contributed by atoms with Crippen molar-refractivity contribution in [2.45, 2.75) is 0 Å². The highest BCUT2D eigenvalue weighted by atomic mass is 16.5. The maximum Gasteiger partial charge on any atom is 0.336 e. The van der Waals surface area contributed by atoms with Crippen LogP contribution in [0.25, 0.3) is 22.9 Å². The Bertz CT molecular complexity index is 1410. The third kappa shape index (κ3) is 5.63. The second-order valence-electron chi connectivity index (χ2n) is 7.62. The van der Waals surface area contributed by atoms with Gasteiger partial charge in [0.25, 0.3) is 0 Å². The number of hydrogen-bond donors (Lipinski definition) is 4. The molecule has 8 nitrogen and oxygen atoms in total. The summed E-state index contributed by atoms with van der Waals surface area (Å²) in [4.78, 5) is 24.9. The number of hydrogen-bond acceptors (Lipinski definition) is 8. The van der Waals surface area contributed by atoms with Gasteiger partial charge in [0.05, 0.1) is 5.39 Å². The Morgan fingerprint density at radius 2 is 1.03 bits per heavy atom. The van der Waals surface area contributed by atoms with Crippen LogP contribution in [-0.2, 0) is 9.59 Å². The molecule has 0 saturated carbocycles. The van der Waals surface area contributed by atoms with E-state index in [1.807, 2.05) is 0 Å². The number of carbonyl (C=O) groups excluding carboxylic acids is 2. The molecular weight excluding hydrogens is 464 g/mol. The smallest absolute Gasteiger partial charge is 0.336 e. The molecule has 0 aromatic heterocycles. The third-order valence-corrected chi connectivity index (χ3v) is 5.07. The van der Waals surface area contributed by atoms with Gasteiger partial charge in [-0.2, -0.15) is 0 Å². The van der Waals surface area contributed by atoms with Crippen molar-refractivity contribution < 1.29 is 39.5 Å². The maximum absolute atomic E-state index is 12.4. The second-order valence-corrected chi connectivity index (χ2v) is 7.62. The molecule has 0 radical (unpaired) electrons. The Kier molecular flexibility index (Phi) is 6.87. The van der Waals surface area contributed by atoms with E-state index in [4.69, 9.17) is 9.47 Å². The van der Waals surface area contributed by atoms with E-state index in [1.54, 1.807) is 36.4 Å². The lowest BCUT2D eigenvalue weighted by Gasteiger charge is -2.10. The largest absolute Gasteiger partial charge is 0.504 e. The molecule has 0 bridgehead atoms. The lowest BCUT2D eigenvalue weighted by atomic mass is 10.1. The maximum atomic E-state index is 12.4. The van der Waals surface area contributed by atoms with Crippen LogP contribution < -0.4 is 9.47 Å². The summed E-state index contributed by atoms with van der Waals surface area (Å²) in [6.45, 7) is 0. The fourth-order valence-corrected chi connectivity index (χ4v) is 3.34. The molecule has 0 spiro atoms. The minimum Gasteiger partial charge on any atom is -0.504 e. The zero-order valence-electron chi connectivity index (χ0n) is 18.7. The van der Waals surface area contributed by atoms with Gasteiger partial charge in [0.2, 0.25) is 0 Å². The van der Waals surface area contributed by atoms with E-state index in [0.29, 0.717) is 21.9 Å². The van der Waals surface area contributed by atoms with Crippen LogP contribution in [-0.4, -0.2) is 32.4 Å². The first kappa shape index (κ1) is 23.9. The molecule has 4 aromatic carbocycles. The summed E-state index contributed by atoms with van der Waals surface area (Å²) < 4.78 is 11.0. The van der Waals surface area contributed by atoms with Gasteiger partial charge in [-0.25, -0.2) is 9.59 Å². The summed E-state index contributed by atoms with van der Waals surface area (Å²) in [5.41, 5.74) is 0.951. The molecule has 0 aliphatic heterocycles. The van der Waals surface area contributed by atoms with Gasteiger partial charge < -0.3 is 29.9 Å². The average Bonchev–Trinajstić information content (AvgIpc) is 2.86. The van der Waals surface area contributed by atoms with Gasteiger partial charge in [0, 0.05) is 12.2 Å². The molecule has 4 aromatic rings. The van der Waals surface area contributed by atoms with E-state index < -0.39 is 11.9 Å². The molecule has 36 heavy (non-hydrogen) atoms. The Balaban J connectivity index is 1.54. The Hall–Kier alpha value is -5.24. The lowest BCUT2D eigenvalue weighted by Crippen LogP contribution is -2.07. The van der Waals surface area contributed by atoms with Crippen molar-refractivity contribution in [3.05, 3.63) is 96.1 Å². The number of carbonyl (C=O) groups is 2. The average molecular weight is 484 g/mol. The minimum atomic E-state index is -0.705. The van der Waals surface area contributed by atoms with Gasteiger partial charge in [-0.1, -0.05) is 36.4 Å². The zero-order chi connectivity index (χ0) is 25.7. The van der Waals surface area contributed by atoms with Crippen LogP contribution >= 0.6 is 0 Å². The van der Waals surface area contributed by atoms with Gasteiger partial charge in [-0.15, -0.1) is 0 Å². The van der Waals surface area contributed by atoms with Crippen LogP contribution in [0.15, 0.2) is 84.9 Å². The highest BCUT2D eigenvalue weighted by molar-refractivity contribution is 5.99. The van der Waals surface area contributed by atoms with Crippen molar-refractivity contribution in [1.29, 1.82) is 0 Å². The monoisotopic (exact) mass is 484 g/mol. The van der Waals surface area contributed by atoms with E-state index in [0.717, 1.165) is 12.2 Å². The van der Waals surface area contributed by atoms with Crippen molar-refractivity contribution in [2.24, 2.45) is 0 Å². The van der Waals surface area contributed by atoms with Crippen molar-refractivity contribution in [3.63, 3.8) is 0 Å². The summed E-state index contributed by atoms with van der Waals surface area (Å²) in [6, 6.07) is 18.3. The van der Waals surface area contributed by atoms with E-state index in [-0.39, 0.29) is 34.5 Å². The molecule has 180 valence electrons. The standard InChI is InChI=1S/C28H20O8/c29-20-11-7-17(15-22(20)31)9-13-26(33)35-24-5-1-3-19-4-2-6-25(28(19)24)36-27(34)14-10-18-8-12-21(30)23(32)16-18/h1-16,29-32H/b13-9+,14-10+. The predicted octanol–water partition coefficient (Wildman–Crippen LogP) is 4.90. The van der Waals surface area contributed by atoms with Crippen LogP contribution in [0.1, 0.15) is 11.1 Å². The number of fused-ring (bicyclic) bond motifs is 1. The molecular formula is C28H20O8. The van der Waals surface area contributed by atoms with Gasteiger partial charge in [0.1, 0.15) is 11.5 Å². The highest BCUT2D eigenvalue weighted by Crippen LogP contribution is 2.34. The predicted molar refractivity (Wildman–Crippen MR) is 133 cm³/mol. The zero-order valence-corrected chi connectivity index (χ0v) is 18.7. The SMILES string of the molecule is O=C(/C=C/c1ccc(O)c(O)c1)Oc1cccc2cccc(OC(=O)/C=C/c3ccc(O)c(O)c3)c12. The normalized spacial score (nSPS) is 11.2. The summed E-state index contributed by atoms with van der Waals surface area (Å²) in [6.07, 6.45) is 5.16. The molecule has 8 heteroatoms. The number of benzene rings is 4. The number of esters is 2. The van der Waals surface area contributed by atoms with E-state index in [9.17, 15) is 30.0 Å². The second kappa shape index (κ2) is 10.4. The van der Waals surface area contributed by atoms with E-state index >= 15 is 0 Å². The highest BCUT2D eigenvalue weighted by Gasteiger charge is 2.13. The van der Waals surface area contributed by atoms with Crippen molar-refractivity contribution >= 4 is 34.9 Å². The van der Waals surface area contributed by atoms with Crippen LogP contribution in [0.3, 0.4) is 0 Å². The van der Waals surface area contributed by atoms with Gasteiger partial charge >= 0.3 is 11.9 Å². The van der Waals surface area contributed by atoms with Gasteiger partial charge in [0.15, 0.2) is 23.0 Å². The van der Waals surface area contributed by atoms with Crippen molar-refractivity contribution in [2.75, 3.05) is 0 Å². The number of ether oxygens (including phenoxy) is 2. The van der Waals surface area contributed by atoms with Crippen LogP contribution in [0.5, 0.6) is 34.5 Å². The molecule has 0 unspecified atom stereocenters. The third-order valence-electron chi connectivity index (χ3n) is 5.07. The van der Waals surface area contributed by atoms with Crippen LogP contribution in [0.2, 0.25) is 0 Å². The quantitative estimate of drug-likeness (QED) is 0.131. The number of aromatic hydroxyl groups is 4. The first-order valence-corrected chi connectivity index (χ1v) is 10.7. The molecule has 0 heterocycles. The van der Waals surface area contributed by atoms with Crippen LogP contribution in [0.4, 0.5) is 0 Å². The summed E-state index contributed by atoms with van der Waals surface area (Å²) in [5.74, 6) is -2.25. The minimum absolute atomic E-state index is 0.173. The summed E-state index contributed by atoms with van der Waals surface area (Å²) >= 11 is 0. The fraction of sp³-hybridized carbons (Fsp3) is 0. The van der Waals surface area contributed by atoms with Crippen molar-refractivity contribution in [3.8, 4) is 34.5 Å². The Morgan fingerprint density at radius 3 is 1.44 bits per heavy atom. The summed E-state index contributed by atoms with van der Waals surface area (Å²) in [7, 11) is 0. The topological polar surface area (TPSA) is 134 Å².